The number of hydrogen-bond acceptors (Lipinski definition) is 6. The van der Waals surface area contributed by atoms with Crippen LogP contribution in [0.1, 0.15) is 22.6 Å². The molecule has 2 aromatic carbocycles. The number of hydrogen-bond donors (Lipinski definition) is 2. The van der Waals surface area contributed by atoms with Crippen molar-refractivity contribution in [2.75, 3.05) is 21.2 Å². The number of nitrogens with zero attached hydrogens (tertiary/aromatic N) is 2. The van der Waals surface area contributed by atoms with E-state index in [2.05, 4.69) is 20.9 Å². The lowest BCUT2D eigenvalue weighted by Gasteiger charge is -2.40. The van der Waals surface area contributed by atoms with Crippen LogP contribution in [0.25, 0.3) is 0 Å². The summed E-state index contributed by atoms with van der Waals surface area (Å²) in [6, 6.07) is 16.8. The lowest BCUT2D eigenvalue weighted by molar-refractivity contribution is -0.156. The second-order valence-electron chi connectivity index (χ2n) is 8.92. The lowest BCUT2D eigenvalue weighted by Crippen LogP contribution is -2.52. The van der Waals surface area contributed by atoms with Crippen molar-refractivity contribution in [2.24, 2.45) is 5.92 Å². The molecular weight excluding hydrogens is 500 g/mol. The molecule has 2 aliphatic rings. The van der Waals surface area contributed by atoms with Crippen LogP contribution < -0.4 is 9.47 Å². The van der Waals surface area contributed by atoms with Gasteiger partial charge in [0.15, 0.2) is 11.2 Å². The number of amides is 1. The summed E-state index contributed by atoms with van der Waals surface area (Å²) >= 11 is 3.47. The van der Waals surface area contributed by atoms with Gasteiger partial charge in [0.25, 0.3) is 0 Å². The largest absolute Gasteiger partial charge is 0.495 e. The molecular formula is C26H25BrN2O5. The maximum Gasteiger partial charge on any atom is 0.228 e. The molecule has 5 atom stereocenters. The van der Waals surface area contributed by atoms with E-state index in [0.29, 0.717) is 11.3 Å². The van der Waals surface area contributed by atoms with Crippen molar-refractivity contribution in [3.8, 4) is 11.5 Å². The van der Waals surface area contributed by atoms with E-state index < -0.39 is 29.1 Å². The van der Waals surface area contributed by atoms with E-state index in [1.165, 1.54) is 24.4 Å². The molecule has 1 fully saturated rings. The number of fused-ring (bicyclic) bond motifs is 3. The van der Waals surface area contributed by atoms with E-state index in [9.17, 15) is 15.0 Å². The molecule has 8 heteroatoms. The fourth-order valence-electron chi connectivity index (χ4n) is 5.67. The maximum absolute atomic E-state index is 13.6. The number of benzene rings is 2. The number of pyridine rings is 1. The third kappa shape index (κ3) is 2.88. The van der Waals surface area contributed by atoms with Gasteiger partial charge in [-0.1, -0.05) is 58.4 Å². The van der Waals surface area contributed by atoms with Gasteiger partial charge in [0.05, 0.1) is 31.0 Å². The third-order valence-corrected chi connectivity index (χ3v) is 7.57. The van der Waals surface area contributed by atoms with E-state index >= 15 is 0 Å². The second-order valence-corrected chi connectivity index (χ2v) is 9.83. The molecule has 0 radical (unpaired) electrons. The van der Waals surface area contributed by atoms with Crippen molar-refractivity contribution in [3.63, 3.8) is 0 Å². The molecule has 0 bridgehead atoms. The van der Waals surface area contributed by atoms with Gasteiger partial charge in [-0.05, 0) is 23.3 Å². The number of ether oxygens (including phenoxy) is 2. The van der Waals surface area contributed by atoms with Crippen LogP contribution in [0.4, 0.5) is 0 Å². The van der Waals surface area contributed by atoms with Crippen LogP contribution in [-0.4, -0.2) is 53.3 Å². The molecule has 3 aromatic rings. The van der Waals surface area contributed by atoms with E-state index in [1.807, 2.05) is 54.6 Å². The van der Waals surface area contributed by atoms with E-state index in [4.69, 9.17) is 9.47 Å². The molecule has 1 aromatic heterocycles. The zero-order valence-electron chi connectivity index (χ0n) is 19.0. The summed E-state index contributed by atoms with van der Waals surface area (Å²) in [7, 11) is 4.75. The highest BCUT2D eigenvalue weighted by molar-refractivity contribution is 9.10. The van der Waals surface area contributed by atoms with Gasteiger partial charge >= 0.3 is 0 Å². The van der Waals surface area contributed by atoms with Crippen molar-refractivity contribution < 1.29 is 24.5 Å². The number of halogens is 1. The SMILES string of the molecule is COc1cncc2c1[C@]1(O)[C@H](O)[C@H](C(=O)N(C)C)C(c3ccccc3)C1(c1ccc(Br)cc1)O2. The fraction of sp³-hybridized carbons (Fsp3) is 0.308. The fourth-order valence-corrected chi connectivity index (χ4v) is 5.93. The summed E-state index contributed by atoms with van der Waals surface area (Å²) in [5.74, 6) is -1.43. The third-order valence-electron chi connectivity index (χ3n) is 7.04. The Kier molecular flexibility index (Phi) is 5.42. The average molecular weight is 525 g/mol. The monoisotopic (exact) mass is 524 g/mol. The number of aromatic nitrogens is 1. The van der Waals surface area contributed by atoms with Gasteiger partial charge in [0.2, 0.25) is 5.91 Å². The number of aliphatic hydroxyl groups excluding tert-OH is 1. The number of rotatable bonds is 4. The zero-order valence-corrected chi connectivity index (χ0v) is 20.6. The Bertz CT molecular complexity index is 1240. The van der Waals surface area contributed by atoms with Gasteiger partial charge in [-0.2, -0.15) is 0 Å². The van der Waals surface area contributed by atoms with Crippen molar-refractivity contribution in [2.45, 2.75) is 23.2 Å². The molecule has 0 saturated heterocycles. The van der Waals surface area contributed by atoms with Crippen LogP contribution in [0.3, 0.4) is 0 Å². The van der Waals surface area contributed by atoms with E-state index in [-0.39, 0.29) is 17.2 Å². The minimum atomic E-state index is -2.00. The molecule has 2 unspecified atom stereocenters. The minimum Gasteiger partial charge on any atom is -0.495 e. The first-order valence-electron chi connectivity index (χ1n) is 10.9. The summed E-state index contributed by atoms with van der Waals surface area (Å²) < 4.78 is 13.0. The maximum atomic E-state index is 13.6. The Hall–Kier alpha value is -2.94. The molecule has 7 nitrogen and oxygen atoms in total. The molecule has 1 aliphatic heterocycles. The highest BCUT2D eigenvalue weighted by Crippen LogP contribution is 2.69. The summed E-state index contributed by atoms with van der Waals surface area (Å²) in [6.45, 7) is 0. The number of aliphatic hydroxyl groups is 2. The van der Waals surface area contributed by atoms with Crippen LogP contribution in [0, 0.1) is 5.92 Å². The van der Waals surface area contributed by atoms with Gasteiger partial charge in [-0.3, -0.25) is 9.78 Å². The Morgan fingerprint density at radius 2 is 1.79 bits per heavy atom. The Morgan fingerprint density at radius 3 is 2.41 bits per heavy atom. The lowest BCUT2D eigenvalue weighted by atomic mass is 9.70. The van der Waals surface area contributed by atoms with Gasteiger partial charge in [0.1, 0.15) is 17.6 Å². The number of carbonyl (C=O) groups is 1. The predicted molar refractivity (Wildman–Crippen MR) is 129 cm³/mol. The predicted octanol–water partition coefficient (Wildman–Crippen LogP) is 3.19. The van der Waals surface area contributed by atoms with Crippen molar-refractivity contribution in [1.29, 1.82) is 0 Å². The average Bonchev–Trinajstić information content (AvgIpc) is 3.22. The molecule has 2 N–H and O–H groups in total. The minimum absolute atomic E-state index is 0.280. The summed E-state index contributed by atoms with van der Waals surface area (Å²) in [5, 5.41) is 24.5. The van der Waals surface area contributed by atoms with Gasteiger partial charge in [-0.15, -0.1) is 0 Å². The smallest absolute Gasteiger partial charge is 0.228 e. The summed E-state index contributed by atoms with van der Waals surface area (Å²) in [4.78, 5) is 19.2. The Morgan fingerprint density at radius 1 is 1.12 bits per heavy atom. The Labute approximate surface area is 206 Å². The van der Waals surface area contributed by atoms with E-state index in [0.717, 1.165) is 10.0 Å². The summed E-state index contributed by atoms with van der Waals surface area (Å²) in [6.07, 6.45) is 1.49. The number of carbonyl (C=O) groups excluding carboxylic acids is 1. The van der Waals surface area contributed by atoms with Crippen LogP contribution in [-0.2, 0) is 16.0 Å². The normalized spacial score (nSPS) is 29.2. The van der Waals surface area contributed by atoms with Gasteiger partial charge in [0, 0.05) is 24.5 Å². The number of methoxy groups -OCH3 is 1. The van der Waals surface area contributed by atoms with Crippen molar-refractivity contribution in [3.05, 3.63) is 88.2 Å². The van der Waals surface area contributed by atoms with Crippen LogP contribution in [0.5, 0.6) is 11.5 Å². The van der Waals surface area contributed by atoms with Gasteiger partial charge < -0.3 is 24.6 Å². The highest BCUT2D eigenvalue weighted by Gasteiger charge is 2.78. The van der Waals surface area contributed by atoms with Crippen LogP contribution in [0.2, 0.25) is 0 Å². The molecule has 34 heavy (non-hydrogen) atoms. The molecule has 1 amide bonds. The summed E-state index contributed by atoms with van der Waals surface area (Å²) in [5.41, 5.74) is -1.85. The standard InChI is InChI=1S/C26H25BrN2O5/c1-29(2)24(31)20-21(15-7-5-4-6-8-15)26(16-9-11-17(27)12-10-16)25(32,23(20)30)22-18(33-3)13-28-14-19(22)34-26/h4-14,20-21,23,30,32H,1-3H3/t20-,21?,23-,25+,26?/m1/s1. The first-order valence-corrected chi connectivity index (χ1v) is 11.7. The molecule has 1 aliphatic carbocycles. The van der Waals surface area contributed by atoms with E-state index in [1.54, 1.807) is 14.1 Å². The van der Waals surface area contributed by atoms with Crippen LogP contribution in [0.15, 0.2) is 71.5 Å². The van der Waals surface area contributed by atoms with Crippen LogP contribution >= 0.6 is 15.9 Å². The highest BCUT2D eigenvalue weighted by atomic mass is 79.9. The quantitative estimate of drug-likeness (QED) is 0.544. The zero-order chi connectivity index (χ0) is 24.3. The molecule has 5 rings (SSSR count). The van der Waals surface area contributed by atoms with Crippen molar-refractivity contribution >= 4 is 21.8 Å². The topological polar surface area (TPSA) is 92.1 Å². The first-order chi connectivity index (χ1) is 16.3. The Balaban J connectivity index is 1.89. The second kappa shape index (κ2) is 8.08. The molecule has 2 heterocycles. The molecule has 176 valence electrons. The van der Waals surface area contributed by atoms with Crippen molar-refractivity contribution in [1.82, 2.24) is 9.88 Å². The van der Waals surface area contributed by atoms with Gasteiger partial charge in [-0.25, -0.2) is 0 Å². The molecule has 0 spiro atoms. The first kappa shape index (κ1) is 22.8. The molecule has 1 saturated carbocycles.